The second-order valence-electron chi connectivity index (χ2n) is 3.02. The first kappa shape index (κ1) is 7.06. The normalized spacial score (nSPS) is 43.4. The van der Waals surface area contributed by atoms with Gasteiger partial charge in [-0.05, 0) is 0 Å². The van der Waals surface area contributed by atoms with E-state index in [-0.39, 0.29) is 18.0 Å². The molecule has 0 aromatic heterocycles. The largest absolute Gasteiger partial charge is 0.460 e. The molecule has 0 radical (unpaired) electrons. The number of carbonyl (C=O) groups excluding carboxylic acids is 1. The van der Waals surface area contributed by atoms with Crippen LogP contribution < -0.4 is 0 Å². The number of aliphatic hydroxyl groups is 1. The summed E-state index contributed by atoms with van der Waals surface area (Å²) >= 11 is 0. The third-order valence-electron chi connectivity index (χ3n) is 2.19. The molecule has 3 atom stereocenters. The van der Waals surface area contributed by atoms with Crippen molar-refractivity contribution in [3.05, 3.63) is 0 Å². The number of ether oxygens (including phenoxy) is 2. The summed E-state index contributed by atoms with van der Waals surface area (Å²) in [6.45, 7) is 0.345. The van der Waals surface area contributed by atoms with Crippen LogP contribution in [-0.4, -0.2) is 30.1 Å². The third-order valence-corrected chi connectivity index (χ3v) is 2.19. The lowest BCUT2D eigenvalue weighted by Crippen LogP contribution is -2.34. The molecule has 2 aliphatic rings. The van der Waals surface area contributed by atoms with Crippen LogP contribution in [0.1, 0.15) is 12.8 Å². The molecule has 62 valence electrons. The van der Waals surface area contributed by atoms with Crippen molar-refractivity contribution in [2.75, 3.05) is 6.61 Å². The van der Waals surface area contributed by atoms with Gasteiger partial charge in [0.1, 0.15) is 6.10 Å². The Kier molecular flexibility index (Phi) is 1.58. The number of esters is 1. The van der Waals surface area contributed by atoms with Gasteiger partial charge in [0.05, 0.1) is 13.0 Å². The summed E-state index contributed by atoms with van der Waals surface area (Å²) in [4.78, 5) is 10.8. The highest BCUT2D eigenvalue weighted by Crippen LogP contribution is 2.30. The van der Waals surface area contributed by atoms with Gasteiger partial charge in [0, 0.05) is 12.3 Å². The predicted octanol–water partition coefficient (Wildman–Crippen LogP) is -0.343. The number of fused-ring (bicyclic) bond motifs is 1. The molecule has 0 amide bonds. The first-order valence-corrected chi connectivity index (χ1v) is 3.75. The van der Waals surface area contributed by atoms with Crippen LogP contribution in [0.4, 0.5) is 0 Å². The molecule has 0 aromatic carbocycles. The second-order valence-corrected chi connectivity index (χ2v) is 3.02. The van der Waals surface area contributed by atoms with E-state index < -0.39 is 6.29 Å². The van der Waals surface area contributed by atoms with Gasteiger partial charge in [-0.15, -0.1) is 0 Å². The van der Waals surface area contributed by atoms with Crippen LogP contribution in [0.5, 0.6) is 0 Å². The Morgan fingerprint density at radius 2 is 2.36 bits per heavy atom. The number of hydrogen-bond donors (Lipinski definition) is 1. The van der Waals surface area contributed by atoms with Crippen LogP contribution in [0, 0.1) is 5.92 Å². The minimum Gasteiger partial charge on any atom is -0.460 e. The molecule has 0 aliphatic carbocycles. The summed E-state index contributed by atoms with van der Waals surface area (Å²) in [6, 6.07) is 0. The van der Waals surface area contributed by atoms with Crippen molar-refractivity contribution in [3.63, 3.8) is 0 Å². The highest BCUT2D eigenvalue weighted by atomic mass is 16.6. The van der Waals surface area contributed by atoms with Gasteiger partial charge in [-0.2, -0.15) is 0 Å². The molecular weight excluding hydrogens is 148 g/mol. The quantitative estimate of drug-likeness (QED) is 0.490. The van der Waals surface area contributed by atoms with Crippen molar-refractivity contribution in [2.45, 2.75) is 25.2 Å². The smallest absolute Gasteiger partial charge is 0.306 e. The van der Waals surface area contributed by atoms with E-state index in [0.29, 0.717) is 19.4 Å². The Hall–Kier alpha value is -0.610. The zero-order chi connectivity index (χ0) is 7.84. The Morgan fingerprint density at radius 3 is 3.18 bits per heavy atom. The summed E-state index contributed by atoms with van der Waals surface area (Å²) in [5, 5.41) is 9.05. The monoisotopic (exact) mass is 158 g/mol. The molecule has 2 aliphatic heterocycles. The van der Waals surface area contributed by atoms with Gasteiger partial charge >= 0.3 is 5.97 Å². The van der Waals surface area contributed by atoms with E-state index in [1.54, 1.807) is 0 Å². The fraction of sp³-hybridized carbons (Fsp3) is 0.857. The zero-order valence-corrected chi connectivity index (χ0v) is 6.03. The standard InChI is InChI=1S/C7H10O4/c8-6-1-4-2-7(9)11-5(4)3-10-6/h4-6,8H,1-3H2/t4-,5-,6-/m1/s1. The Labute approximate surface area is 64.1 Å². The third kappa shape index (κ3) is 1.23. The summed E-state index contributed by atoms with van der Waals surface area (Å²) in [6.07, 6.45) is 0.151. The molecule has 0 aromatic rings. The van der Waals surface area contributed by atoms with Gasteiger partial charge in [0.15, 0.2) is 6.29 Å². The molecule has 4 heteroatoms. The van der Waals surface area contributed by atoms with E-state index in [1.165, 1.54) is 0 Å². The maximum absolute atomic E-state index is 10.8. The van der Waals surface area contributed by atoms with E-state index >= 15 is 0 Å². The number of rotatable bonds is 0. The lowest BCUT2D eigenvalue weighted by molar-refractivity contribution is -0.174. The first-order chi connectivity index (χ1) is 5.25. The minimum atomic E-state index is -0.703. The molecule has 2 rings (SSSR count). The fourth-order valence-electron chi connectivity index (χ4n) is 1.60. The van der Waals surface area contributed by atoms with Gasteiger partial charge in [-0.1, -0.05) is 0 Å². The van der Waals surface area contributed by atoms with Crippen LogP contribution in [0.25, 0.3) is 0 Å². The van der Waals surface area contributed by atoms with Crippen molar-refractivity contribution < 1.29 is 19.4 Å². The molecule has 0 saturated carbocycles. The molecule has 11 heavy (non-hydrogen) atoms. The SMILES string of the molecule is O=C1C[C@H]2C[C@H](O)OC[C@H]2O1. The fourth-order valence-corrected chi connectivity index (χ4v) is 1.60. The van der Waals surface area contributed by atoms with E-state index in [1.807, 2.05) is 0 Å². The first-order valence-electron chi connectivity index (χ1n) is 3.75. The molecule has 0 unspecified atom stereocenters. The van der Waals surface area contributed by atoms with Crippen LogP contribution in [0.2, 0.25) is 0 Å². The van der Waals surface area contributed by atoms with Crippen molar-refractivity contribution in [2.24, 2.45) is 5.92 Å². The number of carbonyl (C=O) groups is 1. The maximum Gasteiger partial charge on any atom is 0.306 e. The molecule has 2 heterocycles. The Balaban J connectivity index is 2.02. The van der Waals surface area contributed by atoms with Crippen molar-refractivity contribution >= 4 is 5.97 Å². The van der Waals surface area contributed by atoms with Crippen LogP contribution in [-0.2, 0) is 14.3 Å². The van der Waals surface area contributed by atoms with E-state index in [0.717, 1.165) is 0 Å². The van der Waals surface area contributed by atoms with Gasteiger partial charge in [-0.25, -0.2) is 0 Å². The summed E-state index contributed by atoms with van der Waals surface area (Å²) in [5.74, 6) is 0.00366. The summed E-state index contributed by atoms with van der Waals surface area (Å²) < 4.78 is 9.86. The van der Waals surface area contributed by atoms with Crippen molar-refractivity contribution in [1.29, 1.82) is 0 Å². The van der Waals surface area contributed by atoms with E-state index in [4.69, 9.17) is 14.6 Å². The summed E-state index contributed by atoms with van der Waals surface area (Å²) in [7, 11) is 0. The maximum atomic E-state index is 10.8. The zero-order valence-electron chi connectivity index (χ0n) is 6.03. The topological polar surface area (TPSA) is 55.8 Å². The highest BCUT2D eigenvalue weighted by molar-refractivity contribution is 5.72. The molecule has 0 bridgehead atoms. The van der Waals surface area contributed by atoms with Gasteiger partial charge < -0.3 is 14.6 Å². The average Bonchev–Trinajstić information content (AvgIpc) is 2.27. The lowest BCUT2D eigenvalue weighted by Gasteiger charge is -2.26. The minimum absolute atomic E-state index is 0.106. The average molecular weight is 158 g/mol. The van der Waals surface area contributed by atoms with Gasteiger partial charge in [0.25, 0.3) is 0 Å². The number of aliphatic hydroxyl groups excluding tert-OH is 1. The second kappa shape index (κ2) is 2.46. The van der Waals surface area contributed by atoms with Crippen molar-refractivity contribution in [1.82, 2.24) is 0 Å². The van der Waals surface area contributed by atoms with Crippen molar-refractivity contribution in [3.8, 4) is 0 Å². The lowest BCUT2D eigenvalue weighted by atomic mass is 9.96. The molecule has 2 fully saturated rings. The number of hydrogen-bond acceptors (Lipinski definition) is 4. The highest BCUT2D eigenvalue weighted by Gasteiger charge is 2.39. The molecule has 1 N–H and O–H groups in total. The predicted molar refractivity (Wildman–Crippen MR) is 34.6 cm³/mol. The Bertz CT molecular complexity index is 179. The van der Waals surface area contributed by atoms with Crippen LogP contribution >= 0.6 is 0 Å². The van der Waals surface area contributed by atoms with Gasteiger partial charge in [-0.3, -0.25) is 4.79 Å². The van der Waals surface area contributed by atoms with E-state index in [2.05, 4.69) is 0 Å². The molecular formula is C7H10O4. The van der Waals surface area contributed by atoms with E-state index in [9.17, 15) is 4.79 Å². The molecule has 2 saturated heterocycles. The summed E-state index contributed by atoms with van der Waals surface area (Å²) in [5.41, 5.74) is 0. The Morgan fingerprint density at radius 1 is 1.55 bits per heavy atom. The van der Waals surface area contributed by atoms with Crippen LogP contribution in [0.15, 0.2) is 0 Å². The van der Waals surface area contributed by atoms with Crippen LogP contribution in [0.3, 0.4) is 0 Å². The molecule has 0 spiro atoms. The van der Waals surface area contributed by atoms with Gasteiger partial charge in [0.2, 0.25) is 0 Å². The molecule has 4 nitrogen and oxygen atoms in total.